The molecule has 2 heterocycles. The van der Waals surface area contributed by atoms with Crippen LogP contribution in [0.3, 0.4) is 0 Å². The van der Waals surface area contributed by atoms with Crippen molar-refractivity contribution in [3.05, 3.63) is 47.5 Å². The van der Waals surface area contributed by atoms with Gasteiger partial charge in [-0.1, -0.05) is 31.5 Å². The SMILES string of the molecule is CCCCNC(=O)c1nc(C(=O)Nc2ccccc2)n2c1CCCC2. The van der Waals surface area contributed by atoms with Crippen LogP contribution in [-0.2, 0) is 13.0 Å². The van der Waals surface area contributed by atoms with Crippen LogP contribution in [-0.4, -0.2) is 27.9 Å². The summed E-state index contributed by atoms with van der Waals surface area (Å²) in [6.45, 7) is 3.44. The zero-order valence-corrected chi connectivity index (χ0v) is 14.5. The minimum atomic E-state index is -0.276. The number of hydrogen-bond acceptors (Lipinski definition) is 3. The summed E-state index contributed by atoms with van der Waals surface area (Å²) in [6, 6.07) is 9.28. The van der Waals surface area contributed by atoms with E-state index in [1.807, 2.05) is 34.9 Å². The number of carbonyl (C=O) groups excluding carboxylic acids is 2. The average Bonchev–Trinajstić information content (AvgIpc) is 3.03. The Kier molecular flexibility index (Phi) is 5.48. The number of aromatic nitrogens is 2. The third-order valence-electron chi connectivity index (χ3n) is 4.38. The standard InChI is InChI=1S/C19H24N4O2/c1-2-3-12-20-18(24)16-15-11-7-8-13-23(15)17(22-16)19(25)21-14-9-5-4-6-10-14/h4-6,9-10H,2-3,7-8,11-13H2,1H3,(H,20,24)(H,21,25). The first-order chi connectivity index (χ1) is 12.2. The van der Waals surface area contributed by atoms with Crippen molar-refractivity contribution in [1.29, 1.82) is 0 Å². The van der Waals surface area contributed by atoms with E-state index in [1.54, 1.807) is 0 Å². The van der Waals surface area contributed by atoms with Crippen molar-refractivity contribution >= 4 is 17.5 Å². The highest BCUT2D eigenvalue weighted by atomic mass is 16.2. The van der Waals surface area contributed by atoms with Crippen LogP contribution in [0.15, 0.2) is 30.3 Å². The second-order valence-corrected chi connectivity index (χ2v) is 6.27. The van der Waals surface area contributed by atoms with E-state index in [0.29, 0.717) is 18.1 Å². The van der Waals surface area contributed by atoms with Crippen molar-refractivity contribution in [1.82, 2.24) is 14.9 Å². The highest BCUT2D eigenvalue weighted by Gasteiger charge is 2.27. The fourth-order valence-electron chi connectivity index (χ4n) is 3.07. The van der Waals surface area contributed by atoms with Gasteiger partial charge in [-0.25, -0.2) is 4.98 Å². The van der Waals surface area contributed by atoms with Crippen LogP contribution >= 0.6 is 0 Å². The molecule has 1 aromatic heterocycles. The summed E-state index contributed by atoms with van der Waals surface area (Å²) in [7, 11) is 0. The van der Waals surface area contributed by atoms with Gasteiger partial charge in [-0.2, -0.15) is 0 Å². The molecule has 0 saturated carbocycles. The van der Waals surface area contributed by atoms with Crippen LogP contribution < -0.4 is 10.6 Å². The summed E-state index contributed by atoms with van der Waals surface area (Å²) in [6.07, 6.45) is 4.74. The molecule has 0 fully saturated rings. The molecule has 6 heteroatoms. The molecule has 2 N–H and O–H groups in total. The van der Waals surface area contributed by atoms with Crippen LogP contribution in [0.25, 0.3) is 0 Å². The number of rotatable bonds is 6. The van der Waals surface area contributed by atoms with Gasteiger partial charge in [-0.15, -0.1) is 0 Å². The molecule has 25 heavy (non-hydrogen) atoms. The van der Waals surface area contributed by atoms with Gasteiger partial charge >= 0.3 is 0 Å². The highest BCUT2D eigenvalue weighted by molar-refractivity contribution is 6.03. The molecule has 1 aromatic carbocycles. The number of unbranched alkanes of at least 4 members (excludes halogenated alkanes) is 1. The van der Waals surface area contributed by atoms with Gasteiger partial charge < -0.3 is 15.2 Å². The lowest BCUT2D eigenvalue weighted by molar-refractivity contribution is 0.0947. The maximum Gasteiger partial charge on any atom is 0.291 e. The van der Waals surface area contributed by atoms with Crippen molar-refractivity contribution in [2.45, 2.75) is 45.6 Å². The molecule has 0 bridgehead atoms. The number of fused-ring (bicyclic) bond motifs is 1. The van der Waals surface area contributed by atoms with E-state index in [4.69, 9.17) is 0 Å². The third kappa shape index (κ3) is 3.90. The molecule has 0 aliphatic carbocycles. The van der Waals surface area contributed by atoms with E-state index in [9.17, 15) is 9.59 Å². The van der Waals surface area contributed by atoms with Crippen LogP contribution in [0.4, 0.5) is 5.69 Å². The maximum absolute atomic E-state index is 12.7. The predicted octanol–water partition coefficient (Wildman–Crippen LogP) is 3.00. The van der Waals surface area contributed by atoms with E-state index >= 15 is 0 Å². The van der Waals surface area contributed by atoms with Gasteiger partial charge in [0.25, 0.3) is 11.8 Å². The van der Waals surface area contributed by atoms with Crippen LogP contribution in [0.5, 0.6) is 0 Å². The molecule has 132 valence electrons. The number of carbonyl (C=O) groups is 2. The molecule has 1 aliphatic rings. The molecule has 0 spiro atoms. The lowest BCUT2D eigenvalue weighted by atomic mass is 10.1. The van der Waals surface area contributed by atoms with Crippen molar-refractivity contribution < 1.29 is 9.59 Å². The number of nitrogens with zero attached hydrogens (tertiary/aromatic N) is 2. The van der Waals surface area contributed by atoms with Crippen LogP contribution in [0.2, 0.25) is 0 Å². The molecule has 6 nitrogen and oxygen atoms in total. The number of hydrogen-bond donors (Lipinski definition) is 2. The fourth-order valence-corrected chi connectivity index (χ4v) is 3.07. The summed E-state index contributed by atoms with van der Waals surface area (Å²) in [5.41, 5.74) is 1.99. The summed E-state index contributed by atoms with van der Waals surface area (Å²) in [4.78, 5) is 29.5. The van der Waals surface area contributed by atoms with Gasteiger partial charge in [0.2, 0.25) is 0 Å². The zero-order valence-electron chi connectivity index (χ0n) is 14.5. The van der Waals surface area contributed by atoms with E-state index in [2.05, 4.69) is 22.5 Å². The Bertz CT molecular complexity index is 752. The first-order valence-electron chi connectivity index (χ1n) is 8.94. The van der Waals surface area contributed by atoms with Crippen LogP contribution in [0, 0.1) is 0 Å². The largest absolute Gasteiger partial charge is 0.351 e. The zero-order chi connectivity index (χ0) is 17.6. The number of imidazole rings is 1. The minimum absolute atomic E-state index is 0.183. The monoisotopic (exact) mass is 340 g/mol. The lowest BCUT2D eigenvalue weighted by Crippen LogP contribution is -2.26. The second-order valence-electron chi connectivity index (χ2n) is 6.27. The Morgan fingerprint density at radius 3 is 2.72 bits per heavy atom. The molecule has 2 amide bonds. The van der Waals surface area contributed by atoms with E-state index in [-0.39, 0.29) is 11.8 Å². The molecular formula is C19H24N4O2. The number of nitrogens with one attached hydrogen (secondary N) is 2. The Balaban J connectivity index is 1.84. The smallest absolute Gasteiger partial charge is 0.291 e. The van der Waals surface area contributed by atoms with Gasteiger partial charge in [0, 0.05) is 18.8 Å². The predicted molar refractivity (Wildman–Crippen MR) is 96.8 cm³/mol. The molecule has 3 rings (SSSR count). The number of amides is 2. The molecule has 1 aliphatic heterocycles. The van der Waals surface area contributed by atoms with Crippen molar-refractivity contribution in [3.8, 4) is 0 Å². The quantitative estimate of drug-likeness (QED) is 0.794. The van der Waals surface area contributed by atoms with Gasteiger partial charge in [0.1, 0.15) is 5.69 Å². The summed E-state index contributed by atoms with van der Waals surface area (Å²) < 4.78 is 1.90. The first-order valence-corrected chi connectivity index (χ1v) is 8.94. The van der Waals surface area contributed by atoms with E-state index < -0.39 is 0 Å². The van der Waals surface area contributed by atoms with Gasteiger partial charge in [0.05, 0.1) is 5.69 Å². The Morgan fingerprint density at radius 2 is 1.96 bits per heavy atom. The minimum Gasteiger partial charge on any atom is -0.351 e. The van der Waals surface area contributed by atoms with Gasteiger partial charge in [-0.05, 0) is 37.8 Å². The highest BCUT2D eigenvalue weighted by Crippen LogP contribution is 2.22. The Hall–Kier alpha value is -2.63. The number of benzene rings is 1. The molecule has 0 atom stereocenters. The van der Waals surface area contributed by atoms with Crippen molar-refractivity contribution in [2.24, 2.45) is 0 Å². The molecule has 0 unspecified atom stereocenters. The van der Waals surface area contributed by atoms with Gasteiger partial charge in [0.15, 0.2) is 5.82 Å². The van der Waals surface area contributed by atoms with Crippen molar-refractivity contribution in [3.63, 3.8) is 0 Å². The Morgan fingerprint density at radius 1 is 1.16 bits per heavy atom. The lowest BCUT2D eigenvalue weighted by Gasteiger charge is -2.17. The van der Waals surface area contributed by atoms with Crippen molar-refractivity contribution in [2.75, 3.05) is 11.9 Å². The maximum atomic E-state index is 12.7. The summed E-state index contributed by atoms with van der Waals surface area (Å²) in [5.74, 6) is -0.140. The Labute approximate surface area is 147 Å². The van der Waals surface area contributed by atoms with Gasteiger partial charge in [-0.3, -0.25) is 9.59 Å². The van der Waals surface area contributed by atoms with E-state index in [0.717, 1.165) is 50.0 Å². The molecular weight excluding hydrogens is 316 g/mol. The number of para-hydroxylation sites is 1. The molecule has 0 radical (unpaired) electrons. The second kappa shape index (κ2) is 7.96. The molecule has 0 saturated heterocycles. The average molecular weight is 340 g/mol. The third-order valence-corrected chi connectivity index (χ3v) is 4.38. The normalized spacial score (nSPS) is 13.2. The summed E-state index contributed by atoms with van der Waals surface area (Å²) >= 11 is 0. The number of anilines is 1. The molecule has 2 aromatic rings. The summed E-state index contributed by atoms with van der Waals surface area (Å²) in [5, 5.41) is 5.76. The van der Waals surface area contributed by atoms with Crippen LogP contribution in [0.1, 0.15) is 59.4 Å². The first kappa shape index (κ1) is 17.2. The fraction of sp³-hybridized carbons (Fsp3) is 0.421. The van der Waals surface area contributed by atoms with E-state index in [1.165, 1.54) is 0 Å². The topological polar surface area (TPSA) is 76.0 Å².